The Labute approximate surface area is 119 Å². The highest BCUT2D eigenvalue weighted by Crippen LogP contribution is 2.24. The molecule has 0 bridgehead atoms. The Hall–Kier alpha value is -2.35. The van der Waals surface area contributed by atoms with E-state index in [0.29, 0.717) is 6.42 Å². The van der Waals surface area contributed by atoms with Crippen LogP contribution in [0.25, 0.3) is 0 Å². The third-order valence-corrected chi connectivity index (χ3v) is 3.14. The minimum atomic E-state index is -0.234. The van der Waals surface area contributed by atoms with Crippen LogP contribution in [0.5, 0.6) is 0 Å². The van der Waals surface area contributed by atoms with Crippen molar-refractivity contribution in [2.75, 3.05) is 5.32 Å². The molecule has 0 aromatic heterocycles. The number of halogens is 1. The third kappa shape index (κ3) is 3.35. The summed E-state index contributed by atoms with van der Waals surface area (Å²) in [7, 11) is 0. The van der Waals surface area contributed by atoms with Crippen LogP contribution < -0.4 is 5.32 Å². The molecule has 0 radical (unpaired) electrons. The van der Waals surface area contributed by atoms with Crippen LogP contribution in [-0.4, -0.2) is 0 Å². The number of anilines is 1. The van der Waals surface area contributed by atoms with Gasteiger partial charge in [-0.25, -0.2) is 4.39 Å². The minimum Gasteiger partial charge on any atom is -0.375 e. The fourth-order valence-electron chi connectivity index (χ4n) is 2.13. The van der Waals surface area contributed by atoms with E-state index in [1.54, 1.807) is 12.1 Å². The van der Waals surface area contributed by atoms with Crippen LogP contribution in [0.4, 0.5) is 10.1 Å². The van der Waals surface area contributed by atoms with Gasteiger partial charge in [0.1, 0.15) is 5.82 Å². The molecular formula is C18H18FN. The molecule has 0 heterocycles. The summed E-state index contributed by atoms with van der Waals surface area (Å²) in [5, 5.41) is 3.39. The zero-order chi connectivity index (χ0) is 14.4. The largest absolute Gasteiger partial charge is 0.375 e. The van der Waals surface area contributed by atoms with Crippen molar-refractivity contribution in [1.29, 1.82) is 0 Å². The number of rotatable bonds is 6. The molecule has 0 saturated heterocycles. The summed E-state index contributed by atoms with van der Waals surface area (Å²) in [5.41, 5.74) is 2.92. The molecule has 0 amide bonds. The first kappa shape index (κ1) is 14.1. The van der Waals surface area contributed by atoms with Crippen molar-refractivity contribution in [3.05, 3.63) is 90.8 Å². The summed E-state index contributed by atoms with van der Waals surface area (Å²) >= 11 is 0. The molecule has 2 aromatic rings. The van der Waals surface area contributed by atoms with Crippen LogP contribution in [-0.2, 0) is 6.42 Å². The Morgan fingerprint density at radius 1 is 1.10 bits per heavy atom. The second-order valence-electron chi connectivity index (χ2n) is 4.56. The highest BCUT2D eigenvalue weighted by Gasteiger charge is 2.09. The molecule has 0 saturated carbocycles. The second-order valence-corrected chi connectivity index (χ2v) is 4.56. The van der Waals surface area contributed by atoms with E-state index >= 15 is 0 Å². The summed E-state index contributed by atoms with van der Waals surface area (Å²) < 4.78 is 13.3. The van der Waals surface area contributed by atoms with Crippen LogP contribution in [0.15, 0.2) is 73.8 Å². The molecule has 1 nitrogen and oxygen atoms in total. The topological polar surface area (TPSA) is 12.0 Å². The number of allylic oxidation sites excluding steroid dienone is 1. The van der Waals surface area contributed by atoms with Gasteiger partial charge in [-0.1, -0.05) is 42.5 Å². The van der Waals surface area contributed by atoms with Gasteiger partial charge in [-0.15, -0.1) is 13.2 Å². The average molecular weight is 267 g/mol. The molecule has 2 heteroatoms. The molecule has 0 aliphatic heterocycles. The number of hydrogen-bond acceptors (Lipinski definition) is 1. The Balaban J connectivity index is 2.28. The molecule has 102 valence electrons. The van der Waals surface area contributed by atoms with Gasteiger partial charge in [-0.05, 0) is 35.7 Å². The average Bonchev–Trinajstić information content (AvgIpc) is 2.48. The smallest absolute Gasteiger partial charge is 0.123 e. The fourth-order valence-corrected chi connectivity index (χ4v) is 2.13. The van der Waals surface area contributed by atoms with E-state index in [2.05, 4.69) is 18.5 Å². The molecule has 2 aromatic carbocycles. The maximum Gasteiger partial charge on any atom is 0.123 e. The van der Waals surface area contributed by atoms with Crippen LogP contribution in [0, 0.1) is 5.82 Å². The van der Waals surface area contributed by atoms with Crippen molar-refractivity contribution in [3.8, 4) is 0 Å². The van der Waals surface area contributed by atoms with E-state index in [1.807, 2.05) is 36.4 Å². The predicted octanol–water partition coefficient (Wildman–Crippen LogP) is 4.89. The molecule has 2 rings (SSSR count). The van der Waals surface area contributed by atoms with Crippen molar-refractivity contribution in [1.82, 2.24) is 0 Å². The first-order valence-electron chi connectivity index (χ1n) is 6.58. The molecule has 1 atom stereocenters. The Morgan fingerprint density at radius 3 is 2.50 bits per heavy atom. The second kappa shape index (κ2) is 6.71. The third-order valence-electron chi connectivity index (χ3n) is 3.14. The predicted molar refractivity (Wildman–Crippen MR) is 83.3 cm³/mol. The summed E-state index contributed by atoms with van der Waals surface area (Å²) in [4.78, 5) is 0. The molecule has 20 heavy (non-hydrogen) atoms. The standard InChI is InChI=1S/C18H18FN/c1-3-8-15-13-16(19)11-12-18(15)20-17(4-2)14-9-6-5-7-10-14/h3-7,9-13,17,20H,1-2,8H2/t17-/m0/s1. The highest BCUT2D eigenvalue weighted by molar-refractivity contribution is 5.54. The highest BCUT2D eigenvalue weighted by atomic mass is 19.1. The van der Waals surface area contributed by atoms with E-state index in [0.717, 1.165) is 16.8 Å². The molecular weight excluding hydrogens is 249 g/mol. The summed E-state index contributed by atoms with van der Waals surface area (Å²) in [6, 6.07) is 14.8. The molecule has 0 aliphatic rings. The van der Waals surface area contributed by atoms with Crippen molar-refractivity contribution >= 4 is 5.69 Å². The Bertz CT molecular complexity index is 590. The molecule has 0 unspecified atom stereocenters. The van der Waals surface area contributed by atoms with Gasteiger partial charge in [0, 0.05) is 5.69 Å². The van der Waals surface area contributed by atoms with Gasteiger partial charge in [0.25, 0.3) is 0 Å². The number of benzene rings is 2. The summed E-state index contributed by atoms with van der Waals surface area (Å²) in [6.45, 7) is 7.58. The molecule has 0 aliphatic carbocycles. The minimum absolute atomic E-state index is 0.00905. The maximum absolute atomic E-state index is 13.3. The van der Waals surface area contributed by atoms with E-state index in [9.17, 15) is 4.39 Å². The Morgan fingerprint density at radius 2 is 1.85 bits per heavy atom. The molecule has 0 spiro atoms. The van der Waals surface area contributed by atoms with Crippen molar-refractivity contribution in [2.24, 2.45) is 0 Å². The van der Waals surface area contributed by atoms with Crippen LogP contribution in [0.2, 0.25) is 0 Å². The van der Waals surface area contributed by atoms with Gasteiger partial charge in [0.2, 0.25) is 0 Å². The lowest BCUT2D eigenvalue weighted by Crippen LogP contribution is -2.09. The van der Waals surface area contributed by atoms with Gasteiger partial charge in [-0.3, -0.25) is 0 Å². The van der Waals surface area contributed by atoms with Gasteiger partial charge in [-0.2, -0.15) is 0 Å². The van der Waals surface area contributed by atoms with Gasteiger partial charge in [0.15, 0.2) is 0 Å². The lowest BCUT2D eigenvalue weighted by Gasteiger charge is -2.19. The van der Waals surface area contributed by atoms with Crippen LogP contribution in [0.3, 0.4) is 0 Å². The number of hydrogen-bond donors (Lipinski definition) is 1. The zero-order valence-corrected chi connectivity index (χ0v) is 11.4. The van der Waals surface area contributed by atoms with Crippen LogP contribution >= 0.6 is 0 Å². The fraction of sp³-hybridized carbons (Fsp3) is 0.111. The zero-order valence-electron chi connectivity index (χ0n) is 11.4. The SMILES string of the molecule is C=CCc1cc(F)ccc1N[C@@H](C=C)c1ccccc1. The van der Waals surface area contributed by atoms with Gasteiger partial charge >= 0.3 is 0 Å². The van der Waals surface area contributed by atoms with E-state index in [-0.39, 0.29) is 11.9 Å². The first-order chi connectivity index (χ1) is 9.74. The lowest BCUT2D eigenvalue weighted by atomic mass is 10.0. The van der Waals surface area contributed by atoms with E-state index < -0.39 is 0 Å². The molecule has 0 fully saturated rings. The van der Waals surface area contributed by atoms with Crippen LogP contribution in [0.1, 0.15) is 17.2 Å². The monoisotopic (exact) mass is 267 g/mol. The lowest BCUT2D eigenvalue weighted by molar-refractivity contribution is 0.626. The van der Waals surface area contributed by atoms with Crippen molar-refractivity contribution < 1.29 is 4.39 Å². The number of nitrogens with one attached hydrogen (secondary N) is 1. The van der Waals surface area contributed by atoms with E-state index in [1.165, 1.54) is 12.1 Å². The quantitative estimate of drug-likeness (QED) is 0.734. The van der Waals surface area contributed by atoms with E-state index in [4.69, 9.17) is 0 Å². The Kier molecular flexibility index (Phi) is 4.72. The van der Waals surface area contributed by atoms with Gasteiger partial charge < -0.3 is 5.32 Å². The summed E-state index contributed by atoms with van der Waals surface area (Å²) in [5.74, 6) is -0.234. The first-order valence-corrected chi connectivity index (χ1v) is 6.58. The molecule has 1 N–H and O–H groups in total. The van der Waals surface area contributed by atoms with Crippen molar-refractivity contribution in [2.45, 2.75) is 12.5 Å². The summed E-state index contributed by atoms with van der Waals surface area (Å²) in [6.07, 6.45) is 4.24. The van der Waals surface area contributed by atoms with Crippen molar-refractivity contribution in [3.63, 3.8) is 0 Å². The normalized spacial score (nSPS) is 11.7. The maximum atomic E-state index is 13.3. The van der Waals surface area contributed by atoms with Gasteiger partial charge in [0.05, 0.1) is 6.04 Å².